The minimum absolute atomic E-state index is 0.0104. The lowest BCUT2D eigenvalue weighted by Crippen LogP contribution is -2.44. The Balaban J connectivity index is 1.24. The Bertz CT molecular complexity index is 2150. The van der Waals surface area contributed by atoms with E-state index in [1.807, 2.05) is 30.3 Å². The molecule has 2 aromatic carbocycles. The topological polar surface area (TPSA) is 136 Å². The van der Waals surface area contributed by atoms with Gasteiger partial charge in [0, 0.05) is 37.1 Å². The summed E-state index contributed by atoms with van der Waals surface area (Å²) in [6.07, 6.45) is -1.79. The third-order valence-electron chi connectivity index (χ3n) is 9.64. The molecule has 0 spiro atoms. The van der Waals surface area contributed by atoms with Crippen molar-refractivity contribution in [1.29, 1.82) is 0 Å². The Morgan fingerprint density at radius 1 is 0.960 bits per heavy atom. The first-order valence-electron chi connectivity index (χ1n) is 16.3. The lowest BCUT2D eigenvalue weighted by Gasteiger charge is -2.33. The minimum Gasteiger partial charge on any atom is -0.497 e. The summed E-state index contributed by atoms with van der Waals surface area (Å²) in [5.74, 6) is -0.348. The smallest absolute Gasteiger partial charge is 0.449 e. The van der Waals surface area contributed by atoms with Crippen LogP contribution < -0.4 is 9.47 Å². The molecule has 16 heteroatoms. The lowest BCUT2D eigenvalue weighted by molar-refractivity contribution is -0.148. The highest BCUT2D eigenvalue weighted by atomic mass is 32.2. The number of nitrogens with one attached hydrogen (secondary N) is 1. The van der Waals surface area contributed by atoms with Gasteiger partial charge >= 0.3 is 6.18 Å². The SMILES string of the molecule is COc1ccc2nc(C(F)(F)F)n(CC(=O)N3CCN(C4CCS(=O)(=O)CC4)CCC3c3ncc(-c4cc5ccccc5nc4OC)[nH]3)c2c1. The highest BCUT2D eigenvalue weighted by Crippen LogP contribution is 2.36. The van der Waals surface area contributed by atoms with E-state index in [1.54, 1.807) is 11.1 Å². The van der Waals surface area contributed by atoms with Crippen molar-refractivity contribution >= 4 is 37.7 Å². The molecule has 0 radical (unpaired) electrons. The van der Waals surface area contributed by atoms with Crippen molar-refractivity contribution in [3.8, 4) is 22.9 Å². The molecular formula is C34H36F3N7O5S. The number of rotatable bonds is 7. The third kappa shape index (κ3) is 6.61. The van der Waals surface area contributed by atoms with Crippen molar-refractivity contribution in [2.24, 2.45) is 0 Å². The van der Waals surface area contributed by atoms with Gasteiger partial charge in [-0.3, -0.25) is 9.69 Å². The number of amides is 1. The van der Waals surface area contributed by atoms with Gasteiger partial charge < -0.3 is 23.9 Å². The summed E-state index contributed by atoms with van der Waals surface area (Å²) in [7, 11) is -0.146. The van der Waals surface area contributed by atoms with E-state index in [-0.39, 0.29) is 35.1 Å². The van der Waals surface area contributed by atoms with Crippen molar-refractivity contribution in [2.45, 2.75) is 44.1 Å². The van der Waals surface area contributed by atoms with Gasteiger partial charge in [-0.2, -0.15) is 13.2 Å². The molecule has 1 N–H and O–H groups in total. The van der Waals surface area contributed by atoms with Gasteiger partial charge in [0.2, 0.25) is 17.6 Å². The number of nitrogens with zero attached hydrogens (tertiary/aromatic N) is 6. The van der Waals surface area contributed by atoms with Crippen molar-refractivity contribution in [2.75, 3.05) is 45.4 Å². The second-order valence-electron chi connectivity index (χ2n) is 12.6. The molecule has 2 fully saturated rings. The molecule has 0 aliphatic carbocycles. The standard InChI is InChI=1S/C34H36F3N7O5S/c1-48-23-7-8-26-29(18-23)44(33(41-26)34(35,36)37)20-30(45)43-14-13-42(22-10-15-50(46,47)16-11-22)12-9-28(43)31-38-19-27(39-31)24-17-21-5-3-4-6-25(21)40-32(24)49-2/h3-8,17-19,22,28H,9-16,20H2,1-2H3,(H,38,39). The van der Waals surface area contributed by atoms with E-state index in [4.69, 9.17) is 9.47 Å². The van der Waals surface area contributed by atoms with Gasteiger partial charge in [-0.15, -0.1) is 0 Å². The van der Waals surface area contributed by atoms with Crippen LogP contribution in [0.2, 0.25) is 0 Å². The van der Waals surface area contributed by atoms with E-state index >= 15 is 0 Å². The van der Waals surface area contributed by atoms with Gasteiger partial charge in [-0.1, -0.05) is 18.2 Å². The first-order chi connectivity index (χ1) is 23.9. The molecule has 2 saturated heterocycles. The molecule has 1 amide bonds. The van der Waals surface area contributed by atoms with Crippen LogP contribution in [-0.2, 0) is 27.4 Å². The molecule has 0 saturated carbocycles. The van der Waals surface area contributed by atoms with Gasteiger partial charge in [0.1, 0.15) is 28.0 Å². The number of pyridine rings is 1. The van der Waals surface area contributed by atoms with E-state index < -0.39 is 40.3 Å². The average Bonchev–Trinajstić information content (AvgIpc) is 3.66. The first kappa shape index (κ1) is 33.8. The van der Waals surface area contributed by atoms with Crippen LogP contribution in [-0.4, -0.2) is 100 Å². The number of carbonyl (C=O) groups is 1. The number of carbonyl (C=O) groups excluding carboxylic acids is 1. The Morgan fingerprint density at radius 2 is 1.74 bits per heavy atom. The average molecular weight is 712 g/mol. The molecule has 5 heterocycles. The maximum Gasteiger partial charge on any atom is 0.449 e. The van der Waals surface area contributed by atoms with Gasteiger partial charge in [-0.25, -0.2) is 23.4 Å². The van der Waals surface area contributed by atoms with Gasteiger partial charge in [0.15, 0.2) is 0 Å². The molecule has 3 aromatic heterocycles. The predicted molar refractivity (Wildman–Crippen MR) is 179 cm³/mol. The van der Waals surface area contributed by atoms with E-state index in [9.17, 15) is 26.4 Å². The zero-order valence-corrected chi connectivity index (χ0v) is 28.3. The number of ether oxygens (including phenoxy) is 2. The minimum atomic E-state index is -4.81. The molecule has 264 valence electrons. The highest BCUT2D eigenvalue weighted by molar-refractivity contribution is 7.91. The van der Waals surface area contributed by atoms with Crippen LogP contribution in [0.4, 0.5) is 13.2 Å². The number of aromatic amines is 1. The lowest BCUT2D eigenvalue weighted by atomic mass is 10.1. The molecule has 5 aromatic rings. The van der Waals surface area contributed by atoms with Crippen LogP contribution >= 0.6 is 0 Å². The number of H-pyrrole nitrogens is 1. The van der Waals surface area contributed by atoms with E-state index in [2.05, 4.69) is 24.8 Å². The maximum absolute atomic E-state index is 14.3. The van der Waals surface area contributed by atoms with E-state index in [1.165, 1.54) is 32.4 Å². The molecular weight excluding hydrogens is 675 g/mol. The second-order valence-corrected chi connectivity index (χ2v) is 14.9. The second kappa shape index (κ2) is 13.2. The maximum atomic E-state index is 14.3. The van der Waals surface area contributed by atoms with Gasteiger partial charge in [-0.05, 0) is 43.5 Å². The van der Waals surface area contributed by atoms with Crippen molar-refractivity contribution < 1.29 is 35.9 Å². The molecule has 2 aliphatic heterocycles. The predicted octanol–water partition coefficient (Wildman–Crippen LogP) is 4.86. The third-order valence-corrected chi connectivity index (χ3v) is 11.4. The summed E-state index contributed by atoms with van der Waals surface area (Å²) in [4.78, 5) is 34.5. The number of aromatic nitrogens is 5. The van der Waals surface area contributed by atoms with Crippen LogP contribution in [0.5, 0.6) is 11.6 Å². The van der Waals surface area contributed by atoms with Gasteiger partial charge in [0.05, 0.1) is 65.8 Å². The summed E-state index contributed by atoms with van der Waals surface area (Å²) in [5.41, 5.74) is 2.23. The summed E-state index contributed by atoms with van der Waals surface area (Å²) in [6.45, 7) is 0.538. The Hall–Kier alpha value is -4.70. The van der Waals surface area contributed by atoms with Crippen molar-refractivity contribution in [3.63, 3.8) is 0 Å². The number of fused-ring (bicyclic) bond motifs is 2. The number of sulfone groups is 1. The number of halogens is 3. The van der Waals surface area contributed by atoms with Crippen LogP contribution in [0.3, 0.4) is 0 Å². The number of benzene rings is 2. The number of imidazole rings is 2. The Kier molecular flexibility index (Phi) is 8.92. The molecule has 0 bridgehead atoms. The van der Waals surface area contributed by atoms with Crippen molar-refractivity contribution in [1.82, 2.24) is 34.3 Å². The quantitative estimate of drug-likeness (QED) is 0.251. The van der Waals surface area contributed by atoms with Crippen molar-refractivity contribution in [3.05, 3.63) is 66.4 Å². The van der Waals surface area contributed by atoms with Crippen LogP contribution in [0.15, 0.2) is 54.7 Å². The number of methoxy groups -OCH3 is 2. The summed E-state index contributed by atoms with van der Waals surface area (Å²) >= 11 is 0. The summed E-state index contributed by atoms with van der Waals surface area (Å²) in [5, 5.41) is 0.889. The number of para-hydroxylation sites is 1. The number of alkyl halides is 3. The van der Waals surface area contributed by atoms with Crippen LogP contribution in [0, 0.1) is 0 Å². The molecule has 1 atom stereocenters. The zero-order chi connectivity index (χ0) is 35.2. The largest absolute Gasteiger partial charge is 0.497 e. The molecule has 50 heavy (non-hydrogen) atoms. The number of hydrogen-bond acceptors (Lipinski definition) is 9. The molecule has 2 aliphatic rings. The monoisotopic (exact) mass is 711 g/mol. The highest BCUT2D eigenvalue weighted by Gasteiger charge is 2.40. The normalized spacial score (nSPS) is 19.1. The fourth-order valence-corrected chi connectivity index (χ4v) is 8.53. The number of hydrogen-bond donors (Lipinski definition) is 1. The zero-order valence-electron chi connectivity index (χ0n) is 27.5. The fourth-order valence-electron chi connectivity index (χ4n) is 7.06. The van der Waals surface area contributed by atoms with Crippen LogP contribution in [0.25, 0.3) is 33.2 Å². The Labute approximate surface area is 286 Å². The van der Waals surface area contributed by atoms with E-state index in [0.29, 0.717) is 61.1 Å². The summed E-state index contributed by atoms with van der Waals surface area (Å²) < 4.78 is 78.9. The fraction of sp³-hybridized carbons (Fsp3) is 0.412. The van der Waals surface area contributed by atoms with E-state index in [0.717, 1.165) is 15.5 Å². The molecule has 12 nitrogen and oxygen atoms in total. The Morgan fingerprint density at radius 3 is 2.48 bits per heavy atom. The first-order valence-corrected chi connectivity index (χ1v) is 18.1. The molecule has 7 rings (SSSR count). The van der Waals surface area contributed by atoms with Crippen LogP contribution in [0.1, 0.15) is 37.0 Å². The summed E-state index contributed by atoms with van der Waals surface area (Å²) in [6, 6.07) is 13.3. The molecule has 1 unspecified atom stereocenters. The van der Waals surface area contributed by atoms with Gasteiger partial charge in [0.25, 0.3) is 0 Å².